The van der Waals surface area contributed by atoms with Gasteiger partial charge in [0.15, 0.2) is 0 Å². The molecule has 146 valence electrons. The Morgan fingerprint density at radius 1 is 1.33 bits per heavy atom. The van der Waals surface area contributed by atoms with E-state index in [0.717, 1.165) is 12.0 Å². The van der Waals surface area contributed by atoms with Gasteiger partial charge in [-0.25, -0.2) is 4.79 Å². The number of amides is 3. The lowest BCUT2D eigenvalue weighted by atomic mass is 9.74. The SMILES string of the molecule is CCN(C(=O)NCc1ccncc1)C(=O)[C@@H]1C[C@@H]2CC(=O)CC[C@H]2N(C)C1. The highest BCUT2D eigenvalue weighted by Crippen LogP contribution is 2.36. The van der Waals surface area contributed by atoms with E-state index in [9.17, 15) is 14.4 Å². The molecule has 1 aromatic rings. The number of carbonyl (C=O) groups excluding carboxylic acids is 3. The number of carbonyl (C=O) groups is 3. The van der Waals surface area contributed by atoms with Crippen LogP contribution in [-0.2, 0) is 16.1 Å². The molecule has 1 saturated heterocycles. The number of likely N-dealkylation sites (tertiary alicyclic amines) is 1. The third-order valence-corrected chi connectivity index (χ3v) is 5.78. The quantitative estimate of drug-likeness (QED) is 0.872. The predicted octanol–water partition coefficient (Wildman–Crippen LogP) is 1.83. The standard InChI is InChI=1S/C20H28N4O3/c1-3-24(20(27)22-12-14-6-8-21-9-7-14)19(26)16-10-15-11-17(25)4-5-18(15)23(2)13-16/h6-9,15-16,18H,3-5,10-13H2,1-2H3,(H,22,27)/t15-,16-,18-/m1/s1. The molecule has 3 amide bonds. The van der Waals surface area contributed by atoms with Crippen LogP contribution in [0.4, 0.5) is 4.79 Å². The van der Waals surface area contributed by atoms with Gasteiger partial charge >= 0.3 is 6.03 Å². The number of ketones is 1. The van der Waals surface area contributed by atoms with Crippen LogP contribution in [0, 0.1) is 11.8 Å². The predicted molar refractivity (Wildman–Crippen MR) is 101 cm³/mol. The van der Waals surface area contributed by atoms with Crippen molar-refractivity contribution in [2.45, 2.75) is 45.2 Å². The van der Waals surface area contributed by atoms with E-state index in [2.05, 4.69) is 15.2 Å². The molecule has 2 fully saturated rings. The highest BCUT2D eigenvalue weighted by Gasteiger charge is 2.41. The van der Waals surface area contributed by atoms with Crippen molar-refractivity contribution in [3.8, 4) is 0 Å². The molecule has 27 heavy (non-hydrogen) atoms. The number of nitrogens with one attached hydrogen (secondary N) is 1. The van der Waals surface area contributed by atoms with Crippen LogP contribution in [0.1, 0.15) is 38.2 Å². The molecule has 1 aliphatic carbocycles. The second-order valence-electron chi connectivity index (χ2n) is 7.58. The van der Waals surface area contributed by atoms with Crippen LogP contribution in [0.15, 0.2) is 24.5 Å². The van der Waals surface area contributed by atoms with Crippen LogP contribution in [0.2, 0.25) is 0 Å². The summed E-state index contributed by atoms with van der Waals surface area (Å²) in [7, 11) is 2.02. The molecule has 0 unspecified atom stereocenters. The Morgan fingerprint density at radius 2 is 2.07 bits per heavy atom. The van der Waals surface area contributed by atoms with Crippen LogP contribution < -0.4 is 5.32 Å². The normalized spacial score (nSPS) is 25.6. The van der Waals surface area contributed by atoms with Gasteiger partial charge in [-0.2, -0.15) is 0 Å². The number of pyridine rings is 1. The van der Waals surface area contributed by atoms with Crippen molar-refractivity contribution in [1.29, 1.82) is 0 Å². The van der Waals surface area contributed by atoms with Crippen molar-refractivity contribution in [3.05, 3.63) is 30.1 Å². The number of rotatable bonds is 4. The first-order chi connectivity index (χ1) is 13.0. The van der Waals surface area contributed by atoms with Crippen molar-refractivity contribution in [2.75, 3.05) is 20.1 Å². The van der Waals surface area contributed by atoms with Crippen LogP contribution in [0.5, 0.6) is 0 Å². The van der Waals surface area contributed by atoms with Crippen LogP contribution in [0.3, 0.4) is 0 Å². The first kappa shape index (κ1) is 19.5. The zero-order valence-corrected chi connectivity index (χ0v) is 16.1. The molecule has 1 aliphatic heterocycles. The minimum atomic E-state index is -0.371. The molecule has 7 heteroatoms. The monoisotopic (exact) mass is 372 g/mol. The van der Waals surface area contributed by atoms with Crippen LogP contribution >= 0.6 is 0 Å². The maximum absolute atomic E-state index is 13.0. The lowest BCUT2D eigenvalue weighted by Gasteiger charge is -2.45. The molecule has 0 radical (unpaired) electrons. The number of hydrogen-bond acceptors (Lipinski definition) is 5. The molecule has 1 saturated carbocycles. The lowest BCUT2D eigenvalue weighted by molar-refractivity contribution is -0.138. The summed E-state index contributed by atoms with van der Waals surface area (Å²) in [5.74, 6) is 0.125. The molecule has 0 bridgehead atoms. The maximum Gasteiger partial charge on any atom is 0.324 e. The number of hydrogen-bond donors (Lipinski definition) is 1. The Labute approximate surface area is 160 Å². The molecular formula is C20H28N4O3. The minimum absolute atomic E-state index is 0.145. The minimum Gasteiger partial charge on any atom is -0.334 e. The third kappa shape index (κ3) is 4.53. The number of nitrogens with zero attached hydrogens (tertiary/aromatic N) is 3. The topological polar surface area (TPSA) is 82.6 Å². The fraction of sp³-hybridized carbons (Fsp3) is 0.600. The van der Waals surface area contributed by atoms with Gasteiger partial charge in [0.1, 0.15) is 5.78 Å². The van der Waals surface area contributed by atoms with Crippen molar-refractivity contribution >= 4 is 17.7 Å². The van der Waals surface area contributed by atoms with Crippen molar-refractivity contribution < 1.29 is 14.4 Å². The molecule has 1 aromatic heterocycles. The molecular weight excluding hydrogens is 344 g/mol. The second kappa shape index (κ2) is 8.61. The van der Waals surface area contributed by atoms with Gasteiger partial charge in [-0.15, -0.1) is 0 Å². The Kier molecular flexibility index (Phi) is 6.21. The van der Waals surface area contributed by atoms with Crippen molar-refractivity contribution in [2.24, 2.45) is 11.8 Å². The van der Waals surface area contributed by atoms with Gasteiger partial charge in [0, 0.05) is 50.9 Å². The number of fused-ring (bicyclic) bond motifs is 1. The zero-order valence-electron chi connectivity index (χ0n) is 16.1. The van der Waals surface area contributed by atoms with E-state index < -0.39 is 0 Å². The lowest BCUT2D eigenvalue weighted by Crippen LogP contribution is -2.54. The summed E-state index contributed by atoms with van der Waals surface area (Å²) >= 11 is 0. The largest absolute Gasteiger partial charge is 0.334 e. The average molecular weight is 372 g/mol. The number of aromatic nitrogens is 1. The molecule has 1 N–H and O–H groups in total. The van der Waals surface area contributed by atoms with E-state index in [1.54, 1.807) is 12.4 Å². The van der Waals surface area contributed by atoms with Gasteiger partial charge in [-0.05, 0) is 50.4 Å². The van der Waals surface area contributed by atoms with Crippen LogP contribution in [0.25, 0.3) is 0 Å². The van der Waals surface area contributed by atoms with Crippen molar-refractivity contribution in [1.82, 2.24) is 20.1 Å². The summed E-state index contributed by atoms with van der Waals surface area (Å²) < 4.78 is 0. The van der Waals surface area contributed by atoms with Gasteiger partial charge in [-0.3, -0.25) is 19.5 Å². The fourth-order valence-corrected chi connectivity index (χ4v) is 4.39. The smallest absolute Gasteiger partial charge is 0.324 e. The summed E-state index contributed by atoms with van der Waals surface area (Å²) in [5, 5.41) is 2.82. The molecule has 3 atom stereocenters. The molecule has 2 heterocycles. The van der Waals surface area contributed by atoms with Gasteiger partial charge in [0.2, 0.25) is 5.91 Å². The van der Waals surface area contributed by atoms with E-state index in [1.165, 1.54) is 4.90 Å². The second-order valence-corrected chi connectivity index (χ2v) is 7.58. The summed E-state index contributed by atoms with van der Waals surface area (Å²) in [6.07, 6.45) is 6.11. The molecule has 0 spiro atoms. The van der Waals surface area contributed by atoms with Gasteiger partial charge in [-0.1, -0.05) is 0 Å². The molecule has 7 nitrogen and oxygen atoms in total. The number of Topliss-reactive ketones (excluding diaryl/α,β-unsaturated/α-hetero) is 1. The van der Waals surface area contributed by atoms with Gasteiger partial charge in [0.25, 0.3) is 0 Å². The van der Waals surface area contributed by atoms with Gasteiger partial charge in [0.05, 0.1) is 5.92 Å². The highest BCUT2D eigenvalue weighted by atomic mass is 16.2. The summed E-state index contributed by atoms with van der Waals surface area (Å²) in [6.45, 7) is 3.13. The van der Waals surface area contributed by atoms with E-state index in [-0.39, 0.29) is 23.8 Å². The average Bonchev–Trinajstić information content (AvgIpc) is 2.67. The first-order valence-corrected chi connectivity index (χ1v) is 9.69. The highest BCUT2D eigenvalue weighted by molar-refractivity contribution is 5.95. The van der Waals surface area contributed by atoms with E-state index in [1.807, 2.05) is 26.1 Å². The fourth-order valence-electron chi connectivity index (χ4n) is 4.39. The van der Waals surface area contributed by atoms with Crippen LogP contribution in [-0.4, -0.2) is 58.7 Å². The summed E-state index contributed by atoms with van der Waals surface area (Å²) in [6, 6.07) is 3.66. The number of imide groups is 1. The Morgan fingerprint density at radius 3 is 2.78 bits per heavy atom. The number of urea groups is 1. The zero-order chi connectivity index (χ0) is 19.4. The van der Waals surface area contributed by atoms with E-state index >= 15 is 0 Å². The molecule has 0 aromatic carbocycles. The Balaban J connectivity index is 1.61. The third-order valence-electron chi connectivity index (χ3n) is 5.78. The first-order valence-electron chi connectivity index (χ1n) is 9.69. The maximum atomic E-state index is 13.0. The summed E-state index contributed by atoms with van der Waals surface area (Å²) in [4.78, 5) is 44.9. The van der Waals surface area contributed by atoms with E-state index in [4.69, 9.17) is 0 Å². The number of piperidine rings is 1. The Bertz CT molecular complexity index is 694. The molecule has 3 rings (SSSR count). The Hall–Kier alpha value is -2.28. The van der Waals surface area contributed by atoms with E-state index in [0.29, 0.717) is 50.7 Å². The molecule has 2 aliphatic rings. The summed E-state index contributed by atoms with van der Waals surface area (Å²) in [5.41, 5.74) is 0.933. The van der Waals surface area contributed by atoms with Crippen molar-refractivity contribution in [3.63, 3.8) is 0 Å². The van der Waals surface area contributed by atoms with Gasteiger partial charge < -0.3 is 10.2 Å².